The van der Waals surface area contributed by atoms with Crippen LogP contribution in [0.1, 0.15) is 118 Å². The number of halogens is 1. The fourth-order valence-corrected chi connectivity index (χ4v) is 10.0. The summed E-state index contributed by atoms with van der Waals surface area (Å²) in [5.41, 5.74) is 6.73. The minimum Gasteiger partial charge on any atom is -0.625 e. The number of quaternary nitrogens is 1. The smallest absolute Gasteiger partial charge is 0.509 e. The van der Waals surface area contributed by atoms with E-state index in [0.717, 1.165) is 0 Å². The van der Waals surface area contributed by atoms with Crippen LogP contribution in [0.25, 0.3) is 22.3 Å². The highest BCUT2D eigenvalue weighted by Gasteiger charge is 2.43. The molecule has 77 heavy (non-hydrogen) atoms. The van der Waals surface area contributed by atoms with E-state index in [2.05, 4.69) is 26.6 Å². The Morgan fingerprint density at radius 1 is 0.922 bits per heavy atom. The van der Waals surface area contributed by atoms with Crippen LogP contribution in [0.15, 0.2) is 47.3 Å². The number of carbonyl (C=O) groups excluding carboxylic acids is 8. The van der Waals surface area contributed by atoms with Crippen molar-refractivity contribution in [2.75, 3.05) is 31.6 Å². The molecule has 7 amide bonds. The highest BCUT2D eigenvalue weighted by Crippen LogP contribution is 2.41. The molecule has 412 valence electrons. The molecule has 1 fully saturated rings. The predicted molar refractivity (Wildman–Crippen MR) is 277 cm³/mol. The minimum atomic E-state index is -1.84. The first-order valence-corrected chi connectivity index (χ1v) is 26.0. The van der Waals surface area contributed by atoms with Crippen LogP contribution in [-0.2, 0) is 70.0 Å². The molecule has 1 aliphatic carbocycles. The monoisotopic (exact) mass is 1070 g/mol. The van der Waals surface area contributed by atoms with Gasteiger partial charge in [0.15, 0.2) is 12.4 Å². The molecule has 7 rings (SSSR count). The van der Waals surface area contributed by atoms with Gasteiger partial charge in [-0.15, -0.1) is 0 Å². The number of aliphatic hydroxyl groups is 1. The van der Waals surface area contributed by atoms with Crippen LogP contribution in [0.3, 0.4) is 0 Å². The molecule has 4 heterocycles. The molecule has 0 saturated carbocycles. The average Bonchev–Trinajstić information content (AvgIpc) is 3.97. The molecule has 1 unspecified atom stereocenters. The molecule has 1 saturated heterocycles. The van der Waals surface area contributed by atoms with E-state index in [1.54, 1.807) is 52.0 Å². The third-order valence-electron chi connectivity index (χ3n) is 14.5. The van der Waals surface area contributed by atoms with Gasteiger partial charge < -0.3 is 56.7 Å². The van der Waals surface area contributed by atoms with Crippen LogP contribution in [0.4, 0.5) is 19.7 Å². The van der Waals surface area contributed by atoms with E-state index in [9.17, 15) is 57.9 Å². The van der Waals surface area contributed by atoms with Crippen molar-refractivity contribution >= 4 is 64.1 Å². The highest BCUT2D eigenvalue weighted by molar-refractivity contribution is 5.98. The SMILES string of the molecule is CC[C@@]1(O)C(=O)CCc2c1cc1n(c2=O)Cc2c-1nc1cc(F)c(C)cc1c2CNC(=O)COC(=O)OCc1ccc(NC(=O)[C@H](CCCNC(N)=O)NC(=O)[C@@H](NC(=O)CCCCC[N+]2([O-])CCCC2=O)C(C)C)cc1. The number of aromatic nitrogens is 2. The topological polar surface area (TPSA) is 319 Å². The number of amides is 7. The molecular weight excluding hydrogens is 1000 g/mol. The lowest BCUT2D eigenvalue weighted by Crippen LogP contribution is -2.54. The summed E-state index contributed by atoms with van der Waals surface area (Å²) in [4.78, 5) is 121. The number of nitrogens with two attached hydrogens (primary N) is 1. The number of pyridine rings is 2. The quantitative estimate of drug-likeness (QED) is 0.0209. The molecule has 2 aromatic heterocycles. The van der Waals surface area contributed by atoms with Crippen LogP contribution in [0.5, 0.6) is 0 Å². The Hall–Kier alpha value is -7.63. The van der Waals surface area contributed by atoms with Crippen molar-refractivity contribution in [2.45, 2.75) is 136 Å². The summed E-state index contributed by atoms with van der Waals surface area (Å²) in [5.74, 6) is -3.86. The Kier molecular flexibility index (Phi) is 18.2. The number of likely N-dealkylation sites (tertiary alicyclic amines) is 1. The van der Waals surface area contributed by atoms with E-state index in [4.69, 9.17) is 20.2 Å². The van der Waals surface area contributed by atoms with Gasteiger partial charge in [-0.2, -0.15) is 0 Å². The third kappa shape index (κ3) is 13.3. The van der Waals surface area contributed by atoms with E-state index in [1.165, 1.54) is 22.8 Å². The maximum atomic E-state index is 14.9. The molecule has 8 N–H and O–H groups in total. The molecule has 0 bridgehead atoms. The predicted octanol–water partition coefficient (Wildman–Crippen LogP) is 4.16. The Morgan fingerprint density at radius 3 is 2.36 bits per heavy atom. The maximum Gasteiger partial charge on any atom is 0.509 e. The first-order valence-electron chi connectivity index (χ1n) is 26.0. The molecule has 2 aliphatic heterocycles. The fraction of sp³-hybridized carbons (Fsp3) is 0.481. The number of anilines is 1. The number of nitrogens with one attached hydrogen (secondary N) is 5. The summed E-state index contributed by atoms with van der Waals surface area (Å²) in [5, 5.41) is 37.9. The number of ether oxygens (including phenoxy) is 2. The standard InChI is InChI=1S/C54H66FN9O13/c1-5-54(74)38-24-42-48-37(27-63(42)51(71)34(38)18-19-43(54)65)36(35-23-31(4)39(55)25-41(35)60-48)26-58-45(67)29-77-53(73)76-28-32-14-16-33(17-15-32)59-49(69)40(11-9-20-57-52(56)72)61-50(70)47(30(2)3)62-44(66)12-7-6-8-21-64(75)22-10-13-46(64)68/h14-17,23-25,30,40,47,74H,5-13,18-22,26-29H2,1-4H3,(H,58,67)(H,59,69)(H,61,70)(H,62,66)(H3,56,57,72)/t40-,47-,54-,64?/m0/s1. The van der Waals surface area contributed by atoms with Gasteiger partial charge in [-0.1, -0.05) is 32.9 Å². The van der Waals surface area contributed by atoms with E-state index >= 15 is 0 Å². The van der Waals surface area contributed by atoms with Crippen molar-refractivity contribution in [3.05, 3.63) is 97.2 Å². The van der Waals surface area contributed by atoms with Crippen LogP contribution < -0.4 is 37.9 Å². The van der Waals surface area contributed by atoms with Gasteiger partial charge in [0.2, 0.25) is 17.7 Å². The number of urea groups is 1. The molecule has 0 spiro atoms. The maximum absolute atomic E-state index is 14.9. The number of hydroxylamine groups is 3. The van der Waals surface area contributed by atoms with Gasteiger partial charge in [0.25, 0.3) is 11.5 Å². The third-order valence-corrected chi connectivity index (χ3v) is 14.5. The Bertz CT molecular complexity index is 3040. The number of Topliss-reactive ketones (excluding diaryl/α,β-unsaturated/α-hetero) is 1. The van der Waals surface area contributed by atoms with Gasteiger partial charge in [-0.3, -0.25) is 33.4 Å². The van der Waals surface area contributed by atoms with Crippen LogP contribution in [0.2, 0.25) is 0 Å². The first-order chi connectivity index (χ1) is 36.6. The zero-order valence-corrected chi connectivity index (χ0v) is 43.6. The lowest BCUT2D eigenvalue weighted by atomic mass is 9.77. The number of primary amides is 1. The molecule has 4 atom stereocenters. The van der Waals surface area contributed by atoms with Crippen molar-refractivity contribution in [1.29, 1.82) is 0 Å². The minimum absolute atomic E-state index is 0.0173. The lowest BCUT2D eigenvalue weighted by molar-refractivity contribution is -0.795. The molecule has 2 aromatic carbocycles. The van der Waals surface area contributed by atoms with Crippen molar-refractivity contribution < 1.29 is 62.0 Å². The largest absolute Gasteiger partial charge is 0.625 e. The van der Waals surface area contributed by atoms with Gasteiger partial charge in [0.1, 0.15) is 30.1 Å². The van der Waals surface area contributed by atoms with E-state index in [0.29, 0.717) is 76.0 Å². The van der Waals surface area contributed by atoms with E-state index in [-0.39, 0.29) is 124 Å². The van der Waals surface area contributed by atoms with Gasteiger partial charge in [0, 0.05) is 66.2 Å². The summed E-state index contributed by atoms with van der Waals surface area (Å²) < 4.78 is 25.9. The summed E-state index contributed by atoms with van der Waals surface area (Å²) in [6, 6.07) is 7.80. The van der Waals surface area contributed by atoms with Gasteiger partial charge in [-0.05, 0) is 98.7 Å². The Morgan fingerprint density at radius 2 is 1.68 bits per heavy atom. The lowest BCUT2D eigenvalue weighted by Gasteiger charge is -2.35. The number of hydrogen-bond acceptors (Lipinski definition) is 14. The number of ketones is 1. The molecular formula is C54H66FN9O13. The molecule has 4 aromatic rings. The molecule has 3 aliphatic rings. The zero-order chi connectivity index (χ0) is 55.8. The summed E-state index contributed by atoms with van der Waals surface area (Å²) in [6.45, 7) is 6.24. The number of aryl methyl sites for hydroxylation is 1. The number of nitrogens with zero attached hydrogens (tertiary/aromatic N) is 3. The van der Waals surface area contributed by atoms with E-state index in [1.807, 2.05) is 0 Å². The summed E-state index contributed by atoms with van der Waals surface area (Å²) in [7, 11) is 0. The number of benzene rings is 2. The zero-order valence-electron chi connectivity index (χ0n) is 43.6. The number of fused-ring (bicyclic) bond motifs is 5. The fourth-order valence-electron chi connectivity index (χ4n) is 10.0. The second-order valence-electron chi connectivity index (χ2n) is 20.2. The second-order valence-corrected chi connectivity index (χ2v) is 20.2. The number of carbonyl (C=O) groups is 8. The van der Waals surface area contributed by atoms with Gasteiger partial charge in [-0.25, -0.2) is 23.8 Å². The molecule has 22 nitrogen and oxygen atoms in total. The van der Waals surface area contributed by atoms with Crippen LogP contribution in [-0.4, -0.2) is 105 Å². The van der Waals surface area contributed by atoms with Gasteiger partial charge >= 0.3 is 18.1 Å². The molecule has 23 heteroatoms. The van der Waals surface area contributed by atoms with E-state index < -0.39 is 64.7 Å². The van der Waals surface area contributed by atoms with Crippen LogP contribution >= 0.6 is 0 Å². The van der Waals surface area contributed by atoms with Gasteiger partial charge in [0.05, 0.1) is 43.0 Å². The summed E-state index contributed by atoms with van der Waals surface area (Å²) >= 11 is 0. The number of rotatable bonds is 23. The first kappa shape index (κ1) is 57.1. The average molecular weight is 1070 g/mol. The van der Waals surface area contributed by atoms with Crippen molar-refractivity contribution in [2.24, 2.45) is 11.7 Å². The second kappa shape index (κ2) is 24.6. The Balaban J connectivity index is 0.908. The van der Waals surface area contributed by atoms with Crippen molar-refractivity contribution in [3.63, 3.8) is 0 Å². The summed E-state index contributed by atoms with van der Waals surface area (Å²) in [6.07, 6.45) is 1.88. The Labute approximate surface area is 443 Å². The van der Waals surface area contributed by atoms with Crippen LogP contribution in [0, 0.1) is 23.9 Å². The number of unbranched alkanes of at least 4 members (excludes halogenated alkanes) is 2. The van der Waals surface area contributed by atoms with Crippen molar-refractivity contribution in [3.8, 4) is 11.4 Å². The molecule has 0 radical (unpaired) electrons. The normalized spacial score (nSPS) is 18.2. The van der Waals surface area contributed by atoms with Crippen molar-refractivity contribution in [1.82, 2.24) is 30.8 Å². The highest BCUT2D eigenvalue weighted by atomic mass is 19.1. The number of hydrogen-bond donors (Lipinski definition) is 7.